The van der Waals surface area contributed by atoms with Crippen LogP contribution in [0.15, 0.2) is 17.0 Å². The van der Waals surface area contributed by atoms with Crippen LogP contribution in [0, 0.1) is 19.7 Å². The van der Waals surface area contributed by atoms with Crippen molar-refractivity contribution in [2.45, 2.75) is 62.6 Å². The number of benzene rings is 1. The third-order valence-electron chi connectivity index (χ3n) is 4.66. The molecule has 2 aliphatic heterocycles. The van der Waals surface area contributed by atoms with E-state index in [1.165, 1.54) is 12.1 Å². The van der Waals surface area contributed by atoms with E-state index in [2.05, 4.69) is 0 Å². The molecule has 3 rings (SSSR count). The van der Waals surface area contributed by atoms with Gasteiger partial charge in [-0.15, -0.1) is 0 Å². The summed E-state index contributed by atoms with van der Waals surface area (Å²) in [6.45, 7) is 3.31. The van der Waals surface area contributed by atoms with E-state index in [1.807, 2.05) is 0 Å². The normalized spacial score (nSPS) is 29.8. The van der Waals surface area contributed by atoms with Crippen LogP contribution in [-0.2, 0) is 10.0 Å². The van der Waals surface area contributed by atoms with Crippen molar-refractivity contribution in [3.63, 3.8) is 0 Å². The molecule has 2 atom stereocenters. The molecule has 6 heteroatoms. The van der Waals surface area contributed by atoms with Gasteiger partial charge in [0.15, 0.2) is 0 Å². The Morgan fingerprint density at radius 3 is 2.10 bits per heavy atom. The number of halogens is 1. The van der Waals surface area contributed by atoms with E-state index in [9.17, 15) is 12.8 Å². The number of nitrogens with zero attached hydrogens (tertiary/aromatic N) is 1. The van der Waals surface area contributed by atoms with E-state index in [-0.39, 0.29) is 23.0 Å². The Balaban J connectivity index is 2.06. The molecular weight excluding hydrogens is 291 g/mol. The van der Waals surface area contributed by atoms with Gasteiger partial charge in [0.05, 0.1) is 4.90 Å². The highest BCUT2D eigenvalue weighted by Gasteiger charge is 2.47. The highest BCUT2D eigenvalue weighted by molar-refractivity contribution is 7.89. The van der Waals surface area contributed by atoms with Crippen molar-refractivity contribution in [3.8, 4) is 0 Å². The Morgan fingerprint density at radius 1 is 1.14 bits per heavy atom. The Kier molecular flexibility index (Phi) is 3.58. The Hall–Kier alpha value is -0.980. The van der Waals surface area contributed by atoms with Gasteiger partial charge in [0, 0.05) is 18.1 Å². The number of sulfonamides is 1. The van der Waals surface area contributed by atoms with Gasteiger partial charge in [-0.25, -0.2) is 12.8 Å². The van der Waals surface area contributed by atoms with Crippen LogP contribution in [0.1, 0.15) is 36.8 Å². The molecule has 2 saturated heterocycles. The Bertz CT molecular complexity index is 637. The second-order valence-electron chi connectivity index (χ2n) is 6.32. The number of aryl methyl sites for hydroxylation is 2. The average Bonchev–Trinajstić information content (AvgIpc) is 2.61. The summed E-state index contributed by atoms with van der Waals surface area (Å²) in [5.74, 6) is -0.396. The molecule has 2 aliphatic rings. The maximum atomic E-state index is 13.4. The first kappa shape index (κ1) is 14.9. The molecule has 0 aromatic heterocycles. The molecule has 2 fully saturated rings. The lowest BCUT2D eigenvalue weighted by molar-refractivity contribution is 0.227. The van der Waals surface area contributed by atoms with Crippen LogP contribution in [0.4, 0.5) is 4.39 Å². The summed E-state index contributed by atoms with van der Waals surface area (Å²) >= 11 is 0. The van der Waals surface area contributed by atoms with Crippen LogP contribution < -0.4 is 5.73 Å². The van der Waals surface area contributed by atoms with E-state index in [1.54, 1.807) is 18.2 Å². The molecule has 0 saturated carbocycles. The standard InChI is InChI=1S/C15H21FN2O2S/c1-9-5-11(16)6-10(2)15(9)21(19,20)18-13-3-4-14(18)8-12(17)7-13/h5-6,12-14H,3-4,7-8,17H2,1-2H3. The highest BCUT2D eigenvalue weighted by Crippen LogP contribution is 2.40. The number of rotatable bonds is 2. The quantitative estimate of drug-likeness (QED) is 0.909. The number of hydrogen-bond acceptors (Lipinski definition) is 3. The number of nitrogens with two attached hydrogens (primary N) is 1. The fourth-order valence-corrected chi connectivity index (χ4v) is 6.29. The molecule has 116 valence electrons. The molecule has 21 heavy (non-hydrogen) atoms. The first-order valence-electron chi connectivity index (χ1n) is 7.36. The highest BCUT2D eigenvalue weighted by atomic mass is 32.2. The third-order valence-corrected chi connectivity index (χ3v) is 6.97. The minimum Gasteiger partial charge on any atom is -0.328 e. The van der Waals surface area contributed by atoms with Crippen molar-refractivity contribution in [1.82, 2.24) is 4.31 Å². The van der Waals surface area contributed by atoms with E-state index in [4.69, 9.17) is 5.73 Å². The van der Waals surface area contributed by atoms with Crippen LogP contribution in [0.5, 0.6) is 0 Å². The minimum absolute atomic E-state index is 0.00685. The van der Waals surface area contributed by atoms with Gasteiger partial charge in [-0.05, 0) is 62.8 Å². The van der Waals surface area contributed by atoms with Gasteiger partial charge in [-0.1, -0.05) is 0 Å². The fraction of sp³-hybridized carbons (Fsp3) is 0.600. The van der Waals surface area contributed by atoms with Crippen LogP contribution >= 0.6 is 0 Å². The van der Waals surface area contributed by atoms with E-state index >= 15 is 0 Å². The van der Waals surface area contributed by atoms with Crippen LogP contribution in [0.25, 0.3) is 0 Å². The molecule has 2 unspecified atom stereocenters. The molecule has 0 amide bonds. The average molecular weight is 312 g/mol. The smallest absolute Gasteiger partial charge is 0.244 e. The van der Waals surface area contributed by atoms with Gasteiger partial charge in [-0.2, -0.15) is 4.31 Å². The van der Waals surface area contributed by atoms with Gasteiger partial charge in [0.25, 0.3) is 0 Å². The van der Waals surface area contributed by atoms with Crippen LogP contribution in [-0.4, -0.2) is 30.8 Å². The number of fused-ring (bicyclic) bond motifs is 2. The van der Waals surface area contributed by atoms with Gasteiger partial charge >= 0.3 is 0 Å². The van der Waals surface area contributed by atoms with E-state index < -0.39 is 15.8 Å². The largest absolute Gasteiger partial charge is 0.328 e. The third kappa shape index (κ3) is 2.39. The molecule has 2 N–H and O–H groups in total. The Labute approximate surface area is 125 Å². The van der Waals surface area contributed by atoms with Crippen molar-refractivity contribution in [2.75, 3.05) is 0 Å². The fourth-order valence-electron chi connectivity index (χ4n) is 3.98. The summed E-state index contributed by atoms with van der Waals surface area (Å²) in [5, 5.41) is 0. The molecule has 0 spiro atoms. The van der Waals surface area contributed by atoms with Gasteiger partial charge in [0.2, 0.25) is 10.0 Å². The lowest BCUT2D eigenvalue weighted by Gasteiger charge is -2.37. The van der Waals surface area contributed by atoms with E-state index in [0.717, 1.165) is 25.7 Å². The zero-order chi connectivity index (χ0) is 15.4. The molecule has 2 bridgehead atoms. The maximum Gasteiger partial charge on any atom is 0.244 e. The van der Waals surface area contributed by atoms with Crippen molar-refractivity contribution in [3.05, 3.63) is 29.1 Å². The second-order valence-corrected chi connectivity index (χ2v) is 8.10. The van der Waals surface area contributed by atoms with Crippen LogP contribution in [0.3, 0.4) is 0 Å². The first-order valence-corrected chi connectivity index (χ1v) is 8.80. The van der Waals surface area contributed by atoms with Crippen LogP contribution in [0.2, 0.25) is 0 Å². The monoisotopic (exact) mass is 312 g/mol. The van der Waals surface area contributed by atoms with Crippen molar-refractivity contribution < 1.29 is 12.8 Å². The van der Waals surface area contributed by atoms with E-state index in [0.29, 0.717) is 11.1 Å². The second kappa shape index (κ2) is 5.04. The Morgan fingerprint density at radius 2 is 1.62 bits per heavy atom. The maximum absolute atomic E-state index is 13.4. The summed E-state index contributed by atoms with van der Waals surface area (Å²) in [6.07, 6.45) is 3.18. The predicted molar refractivity (Wildman–Crippen MR) is 78.9 cm³/mol. The van der Waals surface area contributed by atoms with Crippen molar-refractivity contribution >= 4 is 10.0 Å². The summed E-state index contributed by atoms with van der Waals surface area (Å²) in [4.78, 5) is 0.260. The summed E-state index contributed by atoms with van der Waals surface area (Å²) in [5.41, 5.74) is 6.96. The van der Waals surface area contributed by atoms with Gasteiger partial charge in [-0.3, -0.25) is 0 Å². The van der Waals surface area contributed by atoms with Gasteiger partial charge in [0.1, 0.15) is 5.82 Å². The SMILES string of the molecule is Cc1cc(F)cc(C)c1S(=O)(=O)N1C2CCC1CC(N)C2. The number of hydrogen-bond donors (Lipinski definition) is 1. The molecular formula is C15H21FN2O2S. The zero-order valence-corrected chi connectivity index (χ0v) is 13.2. The molecule has 1 aromatic carbocycles. The molecule has 4 nitrogen and oxygen atoms in total. The number of piperidine rings is 1. The summed E-state index contributed by atoms with van der Waals surface area (Å²) in [6, 6.07) is 2.65. The molecule has 1 aromatic rings. The van der Waals surface area contributed by atoms with Crippen molar-refractivity contribution in [2.24, 2.45) is 5.73 Å². The summed E-state index contributed by atoms with van der Waals surface area (Å²) in [7, 11) is -3.59. The lowest BCUT2D eigenvalue weighted by atomic mass is 10.0. The minimum atomic E-state index is -3.59. The predicted octanol–water partition coefficient (Wildman–Crippen LogP) is 2.09. The topological polar surface area (TPSA) is 63.4 Å². The summed E-state index contributed by atoms with van der Waals surface area (Å²) < 4.78 is 41.2. The van der Waals surface area contributed by atoms with Gasteiger partial charge < -0.3 is 5.73 Å². The first-order chi connectivity index (χ1) is 9.80. The zero-order valence-electron chi connectivity index (χ0n) is 12.3. The lowest BCUT2D eigenvalue weighted by Crippen LogP contribution is -2.50. The molecule has 2 heterocycles. The molecule has 0 aliphatic carbocycles. The van der Waals surface area contributed by atoms with Crippen molar-refractivity contribution in [1.29, 1.82) is 0 Å². The molecule has 0 radical (unpaired) electrons.